The summed E-state index contributed by atoms with van der Waals surface area (Å²) in [7, 11) is 0. The molecule has 2 bridgehead atoms. The Morgan fingerprint density at radius 2 is 2.00 bits per heavy atom. The van der Waals surface area contributed by atoms with Gasteiger partial charge in [0.1, 0.15) is 0 Å². The molecule has 4 nitrogen and oxygen atoms in total. The van der Waals surface area contributed by atoms with E-state index in [0.29, 0.717) is 17.6 Å². The van der Waals surface area contributed by atoms with Gasteiger partial charge >= 0.3 is 149 Å². The zero-order chi connectivity index (χ0) is 16.2. The average molecular weight is 378 g/mol. The van der Waals surface area contributed by atoms with E-state index < -0.39 is 0 Å². The fraction of sp³-hybridized carbons (Fsp3) is 0.833. The molecule has 5 rings (SSSR count). The Bertz CT molecular complexity index is 523. The number of fused-ring (bicyclic) bond motifs is 2. The molecular formula is C18H31AsN4. The minimum atomic E-state index is 0.421. The maximum atomic E-state index is 4.69. The van der Waals surface area contributed by atoms with Gasteiger partial charge in [0.25, 0.3) is 0 Å². The zero-order valence-electron chi connectivity index (χ0n) is 14.7. The van der Waals surface area contributed by atoms with E-state index in [9.17, 15) is 0 Å². The molecule has 3 aliphatic carbocycles. The van der Waals surface area contributed by atoms with E-state index in [1.54, 1.807) is 16.9 Å². The molecule has 0 radical (unpaired) electrons. The Kier molecular flexibility index (Phi) is 4.14. The van der Waals surface area contributed by atoms with Crippen LogP contribution >= 0.6 is 0 Å². The third-order valence-electron chi connectivity index (χ3n) is 7.21. The van der Waals surface area contributed by atoms with Crippen LogP contribution in [0.5, 0.6) is 0 Å². The molecule has 5 aliphatic rings. The van der Waals surface area contributed by atoms with Gasteiger partial charge in [-0.1, -0.05) is 0 Å². The predicted molar refractivity (Wildman–Crippen MR) is 98.1 cm³/mol. The number of piperazine rings is 1. The van der Waals surface area contributed by atoms with Crippen molar-refractivity contribution in [3.8, 4) is 0 Å². The second-order valence-electron chi connectivity index (χ2n) is 8.46. The van der Waals surface area contributed by atoms with Gasteiger partial charge in [0.15, 0.2) is 0 Å². The molecule has 0 amide bonds. The van der Waals surface area contributed by atoms with Crippen LogP contribution in [0.2, 0.25) is 0 Å². The quantitative estimate of drug-likeness (QED) is 0.731. The number of rotatable bonds is 2. The molecular weight excluding hydrogens is 347 g/mol. The van der Waals surface area contributed by atoms with Crippen molar-refractivity contribution >= 4 is 21.5 Å². The number of nitrogens with zero attached hydrogens (tertiary/aromatic N) is 3. The molecule has 2 heterocycles. The first-order valence-corrected chi connectivity index (χ1v) is 10.4. The van der Waals surface area contributed by atoms with Crippen LogP contribution in [-0.4, -0.2) is 69.7 Å². The van der Waals surface area contributed by atoms with Crippen LogP contribution in [0.1, 0.15) is 33.6 Å². The van der Waals surface area contributed by atoms with Gasteiger partial charge in [0.2, 0.25) is 0 Å². The topological polar surface area (TPSA) is 30.9 Å². The molecule has 2 aliphatic heterocycles. The van der Waals surface area contributed by atoms with Crippen molar-refractivity contribution in [3.05, 3.63) is 12.3 Å². The molecule has 4 fully saturated rings. The summed E-state index contributed by atoms with van der Waals surface area (Å²) < 4.78 is 1.28. The third-order valence-corrected chi connectivity index (χ3v) is 8.15. The monoisotopic (exact) mass is 378 g/mol. The van der Waals surface area contributed by atoms with Crippen molar-refractivity contribution < 1.29 is 0 Å². The van der Waals surface area contributed by atoms with Gasteiger partial charge in [-0.15, -0.1) is 0 Å². The molecule has 6 atom stereocenters. The number of aliphatic imine (C=N–C) groups is 1. The summed E-state index contributed by atoms with van der Waals surface area (Å²) in [5.41, 5.74) is 0.558. The van der Waals surface area contributed by atoms with Crippen LogP contribution in [0.15, 0.2) is 17.3 Å². The number of amidine groups is 1. The van der Waals surface area contributed by atoms with E-state index in [4.69, 9.17) is 0 Å². The third kappa shape index (κ3) is 2.53. The molecule has 5 heteroatoms. The molecule has 0 spiro atoms. The predicted octanol–water partition coefficient (Wildman–Crippen LogP) is 1.11. The van der Waals surface area contributed by atoms with Gasteiger partial charge in [-0.2, -0.15) is 0 Å². The summed E-state index contributed by atoms with van der Waals surface area (Å²) >= 11 is 1.68. The average Bonchev–Trinajstić information content (AvgIpc) is 2.55. The Hall–Kier alpha value is -0.312. The Morgan fingerprint density at radius 1 is 1.26 bits per heavy atom. The van der Waals surface area contributed by atoms with E-state index in [1.165, 1.54) is 17.5 Å². The van der Waals surface area contributed by atoms with Crippen molar-refractivity contribution in [3.63, 3.8) is 0 Å². The summed E-state index contributed by atoms with van der Waals surface area (Å²) in [6.45, 7) is 12.0. The molecule has 2 unspecified atom stereocenters. The zero-order valence-corrected chi connectivity index (χ0v) is 17.1. The summed E-state index contributed by atoms with van der Waals surface area (Å²) in [4.78, 5) is 10.0. The van der Waals surface area contributed by atoms with Gasteiger partial charge in [-0.3, -0.25) is 0 Å². The number of nitrogens with one attached hydrogen (secondary N) is 1. The van der Waals surface area contributed by atoms with Crippen LogP contribution in [0.3, 0.4) is 0 Å². The normalized spacial score (nSPS) is 43.0. The fourth-order valence-electron chi connectivity index (χ4n) is 5.59. The van der Waals surface area contributed by atoms with Crippen LogP contribution in [0.4, 0.5) is 0 Å². The van der Waals surface area contributed by atoms with Crippen LogP contribution in [0, 0.1) is 23.2 Å². The molecule has 0 aromatic heterocycles. The van der Waals surface area contributed by atoms with Crippen molar-refractivity contribution in [2.24, 2.45) is 28.2 Å². The standard InChI is InChI=1S/C18H31AsN4/c1-12-14-10-13(18(14,2)3)11-15(12)23-16(4-5-21-17(23)19)22-8-6-20-7-9-22/h4-5,12-16,20H,6-11,19H2,1-3H3/t12-,13+,14-,15-,16?/m0/s1. The maximum absolute atomic E-state index is 4.69. The van der Waals surface area contributed by atoms with E-state index in [0.717, 1.165) is 43.9 Å². The van der Waals surface area contributed by atoms with Crippen molar-refractivity contribution in [1.82, 2.24) is 15.1 Å². The fourth-order valence-corrected chi connectivity index (χ4v) is 6.49. The van der Waals surface area contributed by atoms with Gasteiger partial charge in [0.05, 0.1) is 0 Å². The molecule has 3 saturated carbocycles. The van der Waals surface area contributed by atoms with Gasteiger partial charge in [-0.05, 0) is 0 Å². The summed E-state index contributed by atoms with van der Waals surface area (Å²) in [6.07, 6.45) is 7.59. The number of hydrogen-bond acceptors (Lipinski definition) is 4. The summed E-state index contributed by atoms with van der Waals surface area (Å²) in [5.74, 6) is 2.57. The Balaban J connectivity index is 1.58. The van der Waals surface area contributed by atoms with Crippen LogP contribution < -0.4 is 5.32 Å². The Morgan fingerprint density at radius 3 is 2.65 bits per heavy atom. The summed E-state index contributed by atoms with van der Waals surface area (Å²) in [5, 5.41) is 3.48. The Labute approximate surface area is 149 Å². The van der Waals surface area contributed by atoms with Crippen molar-refractivity contribution in [1.29, 1.82) is 0 Å². The molecule has 1 N–H and O–H groups in total. The van der Waals surface area contributed by atoms with Crippen LogP contribution in [0.25, 0.3) is 0 Å². The van der Waals surface area contributed by atoms with E-state index in [1.807, 2.05) is 6.20 Å². The first-order valence-electron chi connectivity index (χ1n) is 9.23. The molecule has 1 saturated heterocycles. The molecule has 23 heavy (non-hydrogen) atoms. The molecule has 0 aromatic rings. The van der Waals surface area contributed by atoms with Crippen molar-refractivity contribution in [2.75, 3.05) is 26.2 Å². The van der Waals surface area contributed by atoms with Crippen molar-refractivity contribution in [2.45, 2.75) is 45.8 Å². The second kappa shape index (κ2) is 5.89. The van der Waals surface area contributed by atoms with Gasteiger partial charge in [0, 0.05) is 0 Å². The SMILES string of the molecule is C[C@@H]1[C@@H](N2C([AsH2])=NC=CC2N2CCNCC2)C[C@H]2C[C@@H]1C2(C)C. The van der Waals surface area contributed by atoms with Gasteiger partial charge in [-0.25, -0.2) is 0 Å². The number of hydrogen-bond donors (Lipinski definition) is 1. The molecule has 128 valence electrons. The minimum absolute atomic E-state index is 0.421. The van der Waals surface area contributed by atoms with Crippen LogP contribution in [-0.2, 0) is 0 Å². The second-order valence-corrected chi connectivity index (χ2v) is 9.54. The van der Waals surface area contributed by atoms with E-state index >= 15 is 0 Å². The first-order chi connectivity index (χ1) is 11.0. The molecule has 0 aromatic carbocycles. The first kappa shape index (κ1) is 16.2. The summed E-state index contributed by atoms with van der Waals surface area (Å²) in [6, 6.07) is 0.669. The van der Waals surface area contributed by atoms with Gasteiger partial charge < -0.3 is 0 Å². The van der Waals surface area contributed by atoms with E-state index in [2.05, 4.69) is 47.0 Å². The van der Waals surface area contributed by atoms with E-state index in [-0.39, 0.29) is 0 Å².